The lowest BCUT2D eigenvalue weighted by Gasteiger charge is -2.20. The van der Waals surface area contributed by atoms with Gasteiger partial charge in [-0.15, -0.1) is 11.3 Å². The van der Waals surface area contributed by atoms with Gasteiger partial charge in [0.2, 0.25) is 0 Å². The number of fused-ring (bicyclic) bond motifs is 11. The zero-order valence-electron chi connectivity index (χ0n) is 31.1. The number of anilines is 2. The summed E-state index contributed by atoms with van der Waals surface area (Å²) in [5, 5.41) is 10.0. The second-order valence-corrected chi connectivity index (χ2v) is 16.1. The Morgan fingerprint density at radius 2 is 1.12 bits per heavy atom. The molecule has 57 heavy (non-hydrogen) atoms. The summed E-state index contributed by atoms with van der Waals surface area (Å²) in [5.74, 6) is 0. The van der Waals surface area contributed by atoms with Crippen LogP contribution in [-0.2, 0) is 0 Å². The van der Waals surface area contributed by atoms with Crippen LogP contribution in [0.5, 0.6) is 0 Å². The van der Waals surface area contributed by atoms with Gasteiger partial charge in [0, 0.05) is 71.9 Å². The molecule has 4 heteroatoms. The minimum Gasteiger partial charge on any atom is -0.456 e. The number of hydrogen-bond acceptors (Lipinski definition) is 3. The van der Waals surface area contributed by atoms with E-state index in [-0.39, 0.29) is 0 Å². The predicted octanol–water partition coefficient (Wildman–Crippen LogP) is 15.3. The number of furan rings is 1. The minimum atomic E-state index is 0.902. The molecule has 268 valence electrons. The smallest absolute Gasteiger partial charge is 0.137 e. The van der Waals surface area contributed by atoms with Gasteiger partial charge in [-0.2, -0.15) is 0 Å². The highest BCUT2D eigenvalue weighted by Crippen LogP contribution is 2.43. The number of rotatable bonds is 5. The van der Waals surface area contributed by atoms with Crippen LogP contribution in [0.1, 0.15) is 0 Å². The number of benzene rings is 9. The second-order valence-electron chi connectivity index (χ2n) is 15.0. The molecule has 3 nitrogen and oxygen atoms in total. The summed E-state index contributed by atoms with van der Waals surface area (Å²) in [7, 11) is 2.11. The van der Waals surface area contributed by atoms with Crippen LogP contribution in [0.2, 0.25) is 0 Å². The SMILES string of the molecule is CN(c1ccc(-c2cccc(-c3ccc4c(c3)c3cc5ccc6sc7ccccc7c6c5cc3n4-c3ccccc3)c2)cc1)c1ccc2c(c1)oc1ccccc12. The maximum atomic E-state index is 6.18. The number of para-hydroxylation sites is 2. The third-order valence-corrected chi connectivity index (χ3v) is 12.9. The van der Waals surface area contributed by atoms with Crippen LogP contribution in [0.25, 0.3) is 103 Å². The Bertz CT molecular complexity index is 3540. The lowest BCUT2D eigenvalue weighted by Crippen LogP contribution is -2.08. The van der Waals surface area contributed by atoms with E-state index in [1.165, 1.54) is 75.0 Å². The third kappa shape index (κ3) is 5.04. The van der Waals surface area contributed by atoms with Gasteiger partial charge in [-0.25, -0.2) is 0 Å². The maximum absolute atomic E-state index is 6.18. The summed E-state index contributed by atoms with van der Waals surface area (Å²) < 4.78 is 11.3. The van der Waals surface area contributed by atoms with E-state index in [2.05, 4.69) is 192 Å². The van der Waals surface area contributed by atoms with Gasteiger partial charge in [-0.05, 0) is 118 Å². The van der Waals surface area contributed by atoms with Crippen LogP contribution in [0.4, 0.5) is 11.4 Å². The van der Waals surface area contributed by atoms with Crippen LogP contribution in [0.3, 0.4) is 0 Å². The Kier molecular flexibility index (Phi) is 7.01. The van der Waals surface area contributed by atoms with Gasteiger partial charge in [0.15, 0.2) is 0 Å². The van der Waals surface area contributed by atoms with E-state index in [0.717, 1.165) is 39.0 Å². The summed E-state index contributed by atoms with van der Waals surface area (Å²) >= 11 is 1.88. The molecular weight excluding hydrogens is 713 g/mol. The van der Waals surface area contributed by atoms with E-state index >= 15 is 0 Å². The summed E-state index contributed by atoms with van der Waals surface area (Å²) in [5.41, 5.74) is 12.4. The molecule has 0 radical (unpaired) electrons. The Morgan fingerprint density at radius 3 is 2.00 bits per heavy atom. The molecule has 0 bridgehead atoms. The van der Waals surface area contributed by atoms with Crippen molar-refractivity contribution in [2.45, 2.75) is 0 Å². The third-order valence-electron chi connectivity index (χ3n) is 11.8. The summed E-state index contributed by atoms with van der Waals surface area (Å²) in [6.07, 6.45) is 0. The largest absolute Gasteiger partial charge is 0.456 e. The summed E-state index contributed by atoms with van der Waals surface area (Å²) in [6, 6.07) is 68.4. The fraction of sp³-hybridized carbons (Fsp3) is 0.0189. The molecule has 0 aliphatic rings. The fourth-order valence-corrected chi connectivity index (χ4v) is 10.0. The first-order chi connectivity index (χ1) is 28.1. The fourth-order valence-electron chi connectivity index (χ4n) is 8.92. The molecule has 0 unspecified atom stereocenters. The standard InChI is InChI=1S/C53H34N2OS/c1-54(40-24-25-42-41-14-5-7-16-49(41)56-50(42)31-40)38-22-18-33(19-23-38)34-10-9-11-35(28-34)36-20-26-47-45(29-36)46-30-37-21-27-52-53(43-15-6-8-17-51(43)57-52)44(37)32-48(46)55(47)39-12-3-2-4-13-39/h2-32H,1H3. The van der Waals surface area contributed by atoms with Crippen molar-refractivity contribution < 1.29 is 4.42 Å². The normalized spacial score (nSPS) is 11.9. The molecule has 3 heterocycles. The van der Waals surface area contributed by atoms with E-state index in [1.54, 1.807) is 0 Å². The molecule has 9 aromatic carbocycles. The second kappa shape index (κ2) is 12.4. The molecule has 0 amide bonds. The molecule has 0 N–H and O–H groups in total. The highest BCUT2D eigenvalue weighted by atomic mass is 32.1. The van der Waals surface area contributed by atoms with E-state index < -0.39 is 0 Å². The highest BCUT2D eigenvalue weighted by Gasteiger charge is 2.17. The van der Waals surface area contributed by atoms with Crippen LogP contribution in [0.15, 0.2) is 192 Å². The van der Waals surface area contributed by atoms with Crippen LogP contribution < -0.4 is 4.90 Å². The van der Waals surface area contributed by atoms with Gasteiger partial charge in [0.05, 0.1) is 11.0 Å². The van der Waals surface area contributed by atoms with E-state index in [4.69, 9.17) is 4.42 Å². The molecular formula is C53H34N2OS. The molecule has 0 atom stereocenters. The first-order valence-corrected chi connectivity index (χ1v) is 20.2. The van der Waals surface area contributed by atoms with Gasteiger partial charge in [-0.1, -0.05) is 97.1 Å². The molecule has 0 aliphatic heterocycles. The van der Waals surface area contributed by atoms with Gasteiger partial charge in [0.1, 0.15) is 11.2 Å². The Morgan fingerprint density at radius 1 is 0.421 bits per heavy atom. The molecule has 0 saturated carbocycles. The Balaban J connectivity index is 0.933. The van der Waals surface area contributed by atoms with Gasteiger partial charge < -0.3 is 13.9 Å². The number of aromatic nitrogens is 1. The van der Waals surface area contributed by atoms with Crippen LogP contribution in [0, 0.1) is 0 Å². The molecule has 3 aromatic heterocycles. The van der Waals surface area contributed by atoms with Gasteiger partial charge in [0.25, 0.3) is 0 Å². The molecule has 12 rings (SSSR count). The van der Waals surface area contributed by atoms with Crippen LogP contribution >= 0.6 is 11.3 Å². The Hall–Kier alpha value is -7.14. The Labute approximate surface area is 332 Å². The van der Waals surface area contributed by atoms with Crippen LogP contribution in [-0.4, -0.2) is 11.6 Å². The zero-order chi connectivity index (χ0) is 37.6. The average molecular weight is 747 g/mol. The summed E-state index contributed by atoms with van der Waals surface area (Å²) in [6.45, 7) is 0. The molecule has 0 aliphatic carbocycles. The lowest BCUT2D eigenvalue weighted by molar-refractivity contribution is 0.669. The first kappa shape index (κ1) is 32.1. The maximum Gasteiger partial charge on any atom is 0.137 e. The predicted molar refractivity (Wildman–Crippen MR) is 244 cm³/mol. The average Bonchev–Trinajstić information content (AvgIpc) is 3.94. The van der Waals surface area contributed by atoms with Crippen molar-refractivity contribution in [3.05, 3.63) is 188 Å². The van der Waals surface area contributed by atoms with Gasteiger partial charge in [-0.3, -0.25) is 0 Å². The van der Waals surface area contributed by atoms with Crippen molar-refractivity contribution in [3.63, 3.8) is 0 Å². The van der Waals surface area contributed by atoms with E-state index in [9.17, 15) is 0 Å². The number of nitrogens with zero attached hydrogens (tertiary/aromatic N) is 2. The number of hydrogen-bond donors (Lipinski definition) is 0. The molecule has 0 fully saturated rings. The highest BCUT2D eigenvalue weighted by molar-refractivity contribution is 7.26. The van der Waals surface area contributed by atoms with Crippen molar-refractivity contribution in [1.29, 1.82) is 0 Å². The molecule has 0 saturated heterocycles. The van der Waals surface area contributed by atoms with Crippen molar-refractivity contribution in [2.24, 2.45) is 0 Å². The molecule has 0 spiro atoms. The lowest BCUT2D eigenvalue weighted by atomic mass is 9.97. The van der Waals surface area contributed by atoms with Crippen molar-refractivity contribution in [2.75, 3.05) is 11.9 Å². The molecule has 12 aromatic rings. The summed E-state index contributed by atoms with van der Waals surface area (Å²) in [4.78, 5) is 2.21. The first-order valence-electron chi connectivity index (χ1n) is 19.4. The zero-order valence-corrected chi connectivity index (χ0v) is 31.9. The topological polar surface area (TPSA) is 21.3 Å². The van der Waals surface area contributed by atoms with Crippen molar-refractivity contribution in [1.82, 2.24) is 4.57 Å². The quantitative estimate of drug-likeness (QED) is 0.175. The minimum absolute atomic E-state index is 0.902. The van der Waals surface area contributed by atoms with Crippen molar-refractivity contribution >= 4 is 97.4 Å². The van der Waals surface area contributed by atoms with E-state index in [0.29, 0.717) is 0 Å². The monoisotopic (exact) mass is 746 g/mol. The van der Waals surface area contributed by atoms with Crippen molar-refractivity contribution in [3.8, 4) is 27.9 Å². The van der Waals surface area contributed by atoms with E-state index in [1.807, 2.05) is 23.5 Å². The number of thiophene rings is 1. The van der Waals surface area contributed by atoms with Gasteiger partial charge >= 0.3 is 0 Å².